The quantitative estimate of drug-likeness (QED) is 0.840. The highest BCUT2D eigenvalue weighted by molar-refractivity contribution is 6.28. The van der Waals surface area contributed by atoms with Crippen molar-refractivity contribution in [2.75, 3.05) is 18.5 Å². The average molecular weight is 315 g/mol. The van der Waals surface area contributed by atoms with Gasteiger partial charge in [0.15, 0.2) is 0 Å². The number of nitrogens with zero attached hydrogens (tertiary/aromatic N) is 3. The van der Waals surface area contributed by atoms with Gasteiger partial charge in [0.05, 0.1) is 12.7 Å². The van der Waals surface area contributed by atoms with Gasteiger partial charge in [0.2, 0.25) is 11.2 Å². The number of anilines is 1. The lowest BCUT2D eigenvalue weighted by molar-refractivity contribution is 0.0942. The zero-order chi connectivity index (χ0) is 15.3. The average Bonchev–Trinajstić information content (AvgIpc) is 2.45. The van der Waals surface area contributed by atoms with Crippen LogP contribution in [-0.4, -0.2) is 39.3 Å². The molecule has 0 spiro atoms. The van der Waals surface area contributed by atoms with Crippen LogP contribution in [0.15, 0.2) is 0 Å². The van der Waals surface area contributed by atoms with Gasteiger partial charge in [-0.25, -0.2) is 0 Å². The topological polar surface area (TPSA) is 80.2 Å². The van der Waals surface area contributed by atoms with Crippen molar-refractivity contribution >= 4 is 17.5 Å². The Morgan fingerprint density at radius 2 is 1.95 bits per heavy atom. The number of hydrogen-bond donors (Lipinski definition) is 2. The molecule has 2 rings (SSSR count). The highest BCUT2D eigenvalue weighted by Crippen LogP contribution is 2.35. The molecule has 1 aromatic heterocycles. The van der Waals surface area contributed by atoms with Gasteiger partial charge in [-0.2, -0.15) is 15.0 Å². The van der Waals surface area contributed by atoms with Crippen molar-refractivity contribution < 1.29 is 9.84 Å². The lowest BCUT2D eigenvalue weighted by atomic mass is 9.74. The Bertz CT molecular complexity index is 464. The summed E-state index contributed by atoms with van der Waals surface area (Å²) in [6.45, 7) is 4.60. The van der Waals surface area contributed by atoms with Crippen LogP contribution in [0.25, 0.3) is 0 Å². The van der Waals surface area contributed by atoms with Crippen LogP contribution >= 0.6 is 11.6 Å². The van der Waals surface area contributed by atoms with Crippen molar-refractivity contribution in [2.45, 2.75) is 52.1 Å². The number of rotatable bonds is 6. The minimum absolute atomic E-state index is 0.0292. The Kier molecular flexibility index (Phi) is 5.58. The van der Waals surface area contributed by atoms with Gasteiger partial charge >= 0.3 is 6.01 Å². The fourth-order valence-electron chi connectivity index (χ4n) is 2.63. The van der Waals surface area contributed by atoms with Crippen LogP contribution in [0.3, 0.4) is 0 Å². The van der Waals surface area contributed by atoms with Crippen molar-refractivity contribution in [3.63, 3.8) is 0 Å². The SMILES string of the molecule is CC(C)Oc1nc(Cl)nc(NCC2(CO)CCCCC2)n1. The van der Waals surface area contributed by atoms with Crippen molar-refractivity contribution in [1.82, 2.24) is 15.0 Å². The summed E-state index contributed by atoms with van der Waals surface area (Å²) in [6, 6.07) is 0.217. The lowest BCUT2D eigenvalue weighted by Crippen LogP contribution is -2.36. The molecule has 1 fully saturated rings. The fourth-order valence-corrected chi connectivity index (χ4v) is 2.79. The number of aliphatic hydroxyl groups excluding tert-OH is 1. The summed E-state index contributed by atoms with van der Waals surface area (Å²) in [5, 5.41) is 13.0. The summed E-state index contributed by atoms with van der Waals surface area (Å²) in [4.78, 5) is 12.2. The largest absolute Gasteiger partial charge is 0.461 e. The van der Waals surface area contributed by atoms with E-state index in [1.807, 2.05) is 13.8 Å². The van der Waals surface area contributed by atoms with Gasteiger partial charge in [-0.3, -0.25) is 0 Å². The first-order valence-electron chi connectivity index (χ1n) is 7.46. The third-order valence-corrected chi connectivity index (χ3v) is 3.97. The van der Waals surface area contributed by atoms with Crippen molar-refractivity contribution in [1.29, 1.82) is 0 Å². The molecule has 1 heterocycles. The van der Waals surface area contributed by atoms with Gasteiger partial charge in [-0.05, 0) is 38.3 Å². The van der Waals surface area contributed by atoms with E-state index in [0.717, 1.165) is 25.7 Å². The molecule has 1 aliphatic carbocycles. The van der Waals surface area contributed by atoms with Crippen LogP contribution in [0, 0.1) is 5.41 Å². The smallest absolute Gasteiger partial charge is 0.322 e. The van der Waals surface area contributed by atoms with Crippen LogP contribution < -0.4 is 10.1 Å². The number of halogens is 1. The van der Waals surface area contributed by atoms with Crippen molar-refractivity contribution in [3.8, 4) is 6.01 Å². The maximum absolute atomic E-state index is 9.70. The molecule has 1 saturated carbocycles. The molecular weight excluding hydrogens is 292 g/mol. The Labute approximate surface area is 130 Å². The molecule has 6 nitrogen and oxygen atoms in total. The standard InChI is InChI=1S/C14H23ClN4O2/c1-10(2)21-13-18-11(15)17-12(19-13)16-8-14(9-20)6-4-3-5-7-14/h10,20H,3-9H2,1-2H3,(H,16,17,18,19). The molecule has 1 aliphatic rings. The van der Waals surface area contributed by atoms with Crippen LogP contribution in [-0.2, 0) is 0 Å². The van der Waals surface area contributed by atoms with Gasteiger partial charge < -0.3 is 15.2 Å². The third kappa shape index (κ3) is 4.68. The Morgan fingerprint density at radius 1 is 1.24 bits per heavy atom. The van der Waals surface area contributed by atoms with E-state index in [1.165, 1.54) is 6.42 Å². The minimum Gasteiger partial charge on any atom is -0.461 e. The predicted octanol–water partition coefficient (Wildman–Crippen LogP) is 2.67. The van der Waals surface area contributed by atoms with Crippen LogP contribution in [0.4, 0.5) is 5.95 Å². The molecule has 1 aromatic rings. The molecule has 0 amide bonds. The summed E-state index contributed by atoms with van der Waals surface area (Å²) in [5.41, 5.74) is -0.0869. The summed E-state index contributed by atoms with van der Waals surface area (Å²) >= 11 is 5.89. The molecule has 0 atom stereocenters. The second-order valence-corrected chi connectivity index (χ2v) is 6.29. The second kappa shape index (κ2) is 7.22. The predicted molar refractivity (Wildman–Crippen MR) is 81.7 cm³/mol. The highest BCUT2D eigenvalue weighted by atomic mass is 35.5. The van der Waals surface area contributed by atoms with Crippen molar-refractivity contribution in [3.05, 3.63) is 5.28 Å². The van der Waals surface area contributed by atoms with Crippen LogP contribution in [0.1, 0.15) is 46.0 Å². The summed E-state index contributed by atoms with van der Waals surface area (Å²) < 4.78 is 5.44. The van der Waals surface area contributed by atoms with Gasteiger partial charge in [0.25, 0.3) is 0 Å². The molecule has 0 aromatic carbocycles. The van der Waals surface area contributed by atoms with E-state index < -0.39 is 0 Å². The van der Waals surface area contributed by atoms with Crippen molar-refractivity contribution in [2.24, 2.45) is 5.41 Å². The second-order valence-electron chi connectivity index (χ2n) is 5.95. The molecule has 118 valence electrons. The molecule has 0 bridgehead atoms. The minimum atomic E-state index is -0.0869. The van der Waals surface area contributed by atoms with E-state index in [0.29, 0.717) is 12.5 Å². The molecule has 7 heteroatoms. The van der Waals surface area contributed by atoms with E-state index >= 15 is 0 Å². The lowest BCUT2D eigenvalue weighted by Gasteiger charge is -2.35. The monoisotopic (exact) mass is 314 g/mol. The number of nitrogens with one attached hydrogen (secondary N) is 1. The first-order valence-corrected chi connectivity index (χ1v) is 7.84. The Balaban J connectivity index is 2.03. The summed E-state index contributed by atoms with van der Waals surface area (Å²) in [5.74, 6) is 0.393. The van der Waals surface area contributed by atoms with Gasteiger partial charge in [-0.1, -0.05) is 19.3 Å². The van der Waals surface area contributed by atoms with Crippen LogP contribution in [0.5, 0.6) is 6.01 Å². The van der Waals surface area contributed by atoms with E-state index in [9.17, 15) is 5.11 Å². The first-order chi connectivity index (χ1) is 10.0. The molecule has 0 aliphatic heterocycles. The van der Waals surface area contributed by atoms with E-state index in [1.54, 1.807) is 0 Å². The fraction of sp³-hybridized carbons (Fsp3) is 0.786. The zero-order valence-corrected chi connectivity index (χ0v) is 13.4. The Morgan fingerprint density at radius 3 is 2.57 bits per heavy atom. The van der Waals surface area contributed by atoms with E-state index in [-0.39, 0.29) is 29.4 Å². The van der Waals surface area contributed by atoms with E-state index in [2.05, 4.69) is 20.3 Å². The molecule has 0 radical (unpaired) electrons. The number of aromatic nitrogens is 3. The van der Waals surface area contributed by atoms with E-state index in [4.69, 9.17) is 16.3 Å². The maximum atomic E-state index is 9.70. The zero-order valence-electron chi connectivity index (χ0n) is 12.6. The highest BCUT2D eigenvalue weighted by Gasteiger charge is 2.31. The first kappa shape index (κ1) is 16.2. The molecule has 0 unspecified atom stereocenters. The summed E-state index contributed by atoms with van der Waals surface area (Å²) in [7, 11) is 0. The molecule has 0 saturated heterocycles. The van der Waals surface area contributed by atoms with Gasteiger partial charge in [0, 0.05) is 12.0 Å². The maximum Gasteiger partial charge on any atom is 0.322 e. The molecule has 21 heavy (non-hydrogen) atoms. The van der Waals surface area contributed by atoms with Crippen LogP contribution in [0.2, 0.25) is 5.28 Å². The third-order valence-electron chi connectivity index (χ3n) is 3.80. The van der Waals surface area contributed by atoms with Gasteiger partial charge in [-0.15, -0.1) is 0 Å². The molecular formula is C14H23ClN4O2. The molecule has 2 N–H and O–H groups in total. The number of hydrogen-bond acceptors (Lipinski definition) is 6. The van der Waals surface area contributed by atoms with Gasteiger partial charge in [0.1, 0.15) is 0 Å². The number of ether oxygens (including phenoxy) is 1. The number of aliphatic hydroxyl groups is 1. The Hall–Kier alpha value is -1.14. The normalized spacial score (nSPS) is 17.8. The summed E-state index contributed by atoms with van der Waals surface area (Å²) in [6.07, 6.45) is 5.56.